The lowest BCUT2D eigenvalue weighted by molar-refractivity contribution is 0.103. The average Bonchev–Trinajstić information content (AvgIpc) is 2.56. The van der Waals surface area contributed by atoms with Crippen LogP contribution in [0.15, 0.2) is 11.6 Å². The molecule has 0 aromatic carbocycles. The molecule has 138 valence electrons. The van der Waals surface area contributed by atoms with Gasteiger partial charge in [-0.1, -0.05) is 25.5 Å². The van der Waals surface area contributed by atoms with E-state index in [-0.39, 0.29) is 0 Å². The standard InChI is InChI=1S/C19H34N2O2S/c1-16(2)18-5-3-17(4-6-18)15-20-9-7-19(8-10-20)21-11-13-24(22,23)14-12-21/h5,16-17,19H,3-4,6-15H2,1-2H3. The molecule has 5 heteroatoms. The first-order valence-corrected chi connectivity index (χ1v) is 11.6. The number of allylic oxidation sites excluding steroid dienone is 2. The summed E-state index contributed by atoms with van der Waals surface area (Å²) in [5.74, 6) is 2.28. The summed E-state index contributed by atoms with van der Waals surface area (Å²) < 4.78 is 23.2. The summed E-state index contributed by atoms with van der Waals surface area (Å²) in [6.45, 7) is 9.74. The van der Waals surface area contributed by atoms with Crippen LogP contribution < -0.4 is 0 Å². The largest absolute Gasteiger partial charge is 0.303 e. The first kappa shape index (κ1) is 18.4. The second kappa shape index (κ2) is 7.88. The van der Waals surface area contributed by atoms with Gasteiger partial charge in [0.25, 0.3) is 0 Å². The van der Waals surface area contributed by atoms with Crippen molar-refractivity contribution in [3.05, 3.63) is 11.6 Å². The summed E-state index contributed by atoms with van der Waals surface area (Å²) in [7, 11) is -2.75. The third kappa shape index (κ3) is 4.83. The Morgan fingerprint density at radius 2 is 1.75 bits per heavy atom. The molecule has 3 rings (SSSR count). The summed E-state index contributed by atoms with van der Waals surface area (Å²) in [6, 6.07) is 0.607. The van der Waals surface area contributed by atoms with E-state index in [2.05, 4.69) is 29.7 Å². The van der Waals surface area contributed by atoms with Crippen LogP contribution in [0.3, 0.4) is 0 Å². The molecule has 1 atom stereocenters. The van der Waals surface area contributed by atoms with Crippen LogP contribution in [0.2, 0.25) is 0 Å². The SMILES string of the molecule is CC(C)C1=CCC(CN2CCC(N3CCS(=O)(=O)CC3)CC2)CC1. The monoisotopic (exact) mass is 354 g/mol. The van der Waals surface area contributed by atoms with Crippen LogP contribution in [-0.2, 0) is 9.84 Å². The summed E-state index contributed by atoms with van der Waals surface area (Å²) in [5.41, 5.74) is 1.66. The van der Waals surface area contributed by atoms with E-state index in [1.54, 1.807) is 5.57 Å². The fraction of sp³-hybridized carbons (Fsp3) is 0.895. The average molecular weight is 355 g/mol. The van der Waals surface area contributed by atoms with Gasteiger partial charge in [-0.25, -0.2) is 8.42 Å². The second-order valence-corrected chi connectivity index (χ2v) is 10.6. The lowest BCUT2D eigenvalue weighted by Crippen LogP contribution is -2.50. The molecule has 0 aromatic rings. The van der Waals surface area contributed by atoms with Gasteiger partial charge in [0, 0.05) is 25.7 Å². The number of nitrogens with zero attached hydrogens (tertiary/aromatic N) is 2. The third-order valence-corrected chi connectivity index (χ3v) is 7.87. The van der Waals surface area contributed by atoms with Crippen LogP contribution in [0, 0.1) is 11.8 Å². The van der Waals surface area contributed by atoms with Crippen molar-refractivity contribution in [2.45, 2.75) is 52.0 Å². The molecule has 0 radical (unpaired) electrons. The molecular weight excluding hydrogens is 320 g/mol. The molecule has 0 saturated carbocycles. The third-order valence-electron chi connectivity index (χ3n) is 6.27. The Morgan fingerprint density at radius 3 is 2.29 bits per heavy atom. The number of likely N-dealkylation sites (tertiary alicyclic amines) is 1. The fourth-order valence-corrected chi connectivity index (χ4v) is 5.75. The smallest absolute Gasteiger partial charge is 0.152 e. The molecule has 2 heterocycles. The van der Waals surface area contributed by atoms with Gasteiger partial charge in [0.15, 0.2) is 9.84 Å². The van der Waals surface area contributed by atoms with E-state index >= 15 is 0 Å². The minimum absolute atomic E-state index is 0.361. The zero-order valence-electron chi connectivity index (χ0n) is 15.4. The van der Waals surface area contributed by atoms with E-state index in [1.165, 1.54) is 51.7 Å². The van der Waals surface area contributed by atoms with Gasteiger partial charge in [-0.2, -0.15) is 0 Å². The first-order valence-electron chi connectivity index (χ1n) is 9.79. The van der Waals surface area contributed by atoms with Crippen LogP contribution in [0.4, 0.5) is 0 Å². The van der Waals surface area contributed by atoms with Crippen molar-refractivity contribution >= 4 is 9.84 Å². The van der Waals surface area contributed by atoms with Gasteiger partial charge in [-0.15, -0.1) is 0 Å². The molecule has 4 nitrogen and oxygen atoms in total. The van der Waals surface area contributed by atoms with E-state index in [4.69, 9.17) is 0 Å². The quantitative estimate of drug-likeness (QED) is 0.728. The van der Waals surface area contributed by atoms with Crippen molar-refractivity contribution in [3.63, 3.8) is 0 Å². The van der Waals surface area contributed by atoms with Crippen LogP contribution in [0.25, 0.3) is 0 Å². The maximum Gasteiger partial charge on any atom is 0.152 e. The first-order chi connectivity index (χ1) is 11.4. The molecule has 1 aliphatic carbocycles. The predicted molar refractivity (Wildman–Crippen MR) is 100.0 cm³/mol. The number of sulfone groups is 1. The Morgan fingerprint density at radius 1 is 1.08 bits per heavy atom. The van der Waals surface area contributed by atoms with Crippen molar-refractivity contribution in [1.29, 1.82) is 0 Å². The summed E-state index contributed by atoms with van der Waals surface area (Å²) in [6.07, 6.45) is 8.83. The normalized spacial score (nSPS) is 30.5. The lowest BCUT2D eigenvalue weighted by atomic mass is 9.84. The van der Waals surface area contributed by atoms with Gasteiger partial charge in [-0.05, 0) is 57.0 Å². The van der Waals surface area contributed by atoms with Gasteiger partial charge < -0.3 is 4.90 Å². The zero-order chi connectivity index (χ0) is 17.2. The van der Waals surface area contributed by atoms with E-state index in [9.17, 15) is 8.42 Å². The molecule has 2 aliphatic heterocycles. The highest BCUT2D eigenvalue weighted by atomic mass is 32.2. The van der Waals surface area contributed by atoms with Gasteiger partial charge in [0.2, 0.25) is 0 Å². The zero-order valence-corrected chi connectivity index (χ0v) is 16.2. The summed E-state index contributed by atoms with van der Waals surface area (Å²) >= 11 is 0. The molecule has 0 N–H and O–H groups in total. The molecule has 0 spiro atoms. The molecule has 0 aromatic heterocycles. The van der Waals surface area contributed by atoms with E-state index in [1.807, 2.05) is 0 Å². The van der Waals surface area contributed by atoms with Crippen molar-refractivity contribution in [2.75, 3.05) is 44.2 Å². The topological polar surface area (TPSA) is 40.6 Å². The second-order valence-electron chi connectivity index (χ2n) is 8.29. The molecule has 3 aliphatic rings. The van der Waals surface area contributed by atoms with E-state index in [0.717, 1.165) is 24.9 Å². The number of rotatable bonds is 4. The highest BCUT2D eigenvalue weighted by Crippen LogP contribution is 2.29. The van der Waals surface area contributed by atoms with Crippen LogP contribution in [0.1, 0.15) is 46.0 Å². The van der Waals surface area contributed by atoms with Gasteiger partial charge >= 0.3 is 0 Å². The van der Waals surface area contributed by atoms with E-state index < -0.39 is 9.84 Å². The Kier molecular flexibility index (Phi) is 6.04. The van der Waals surface area contributed by atoms with Crippen molar-refractivity contribution in [1.82, 2.24) is 9.80 Å². The molecule has 24 heavy (non-hydrogen) atoms. The Balaban J connectivity index is 1.40. The maximum atomic E-state index is 11.6. The van der Waals surface area contributed by atoms with Crippen LogP contribution in [-0.4, -0.2) is 68.5 Å². The van der Waals surface area contributed by atoms with Crippen molar-refractivity contribution < 1.29 is 8.42 Å². The summed E-state index contributed by atoms with van der Waals surface area (Å²) in [4.78, 5) is 5.08. The number of hydrogen-bond acceptors (Lipinski definition) is 4. The van der Waals surface area contributed by atoms with Gasteiger partial charge in [-0.3, -0.25) is 4.90 Å². The Bertz CT molecular complexity index is 534. The lowest BCUT2D eigenvalue weighted by Gasteiger charge is -2.41. The maximum absolute atomic E-state index is 11.6. The minimum Gasteiger partial charge on any atom is -0.303 e. The predicted octanol–water partition coefficient (Wildman–Crippen LogP) is 2.56. The Hall–Kier alpha value is -0.390. The van der Waals surface area contributed by atoms with Crippen LogP contribution in [0.5, 0.6) is 0 Å². The highest BCUT2D eigenvalue weighted by Gasteiger charge is 2.30. The highest BCUT2D eigenvalue weighted by molar-refractivity contribution is 7.91. The molecule has 1 unspecified atom stereocenters. The summed E-state index contributed by atoms with van der Waals surface area (Å²) in [5, 5.41) is 0. The van der Waals surface area contributed by atoms with Crippen molar-refractivity contribution in [2.24, 2.45) is 11.8 Å². The van der Waals surface area contributed by atoms with Crippen molar-refractivity contribution in [3.8, 4) is 0 Å². The minimum atomic E-state index is -2.75. The Labute approximate surface area is 148 Å². The van der Waals surface area contributed by atoms with Crippen LogP contribution >= 0.6 is 0 Å². The van der Waals surface area contributed by atoms with Gasteiger partial charge in [0.05, 0.1) is 11.5 Å². The molecule has 0 amide bonds. The molecule has 0 bridgehead atoms. The van der Waals surface area contributed by atoms with Gasteiger partial charge in [0.1, 0.15) is 0 Å². The fourth-order valence-electron chi connectivity index (χ4n) is 4.52. The van der Waals surface area contributed by atoms with E-state index in [0.29, 0.717) is 17.5 Å². The molecule has 2 fully saturated rings. The molecule has 2 saturated heterocycles. The number of hydrogen-bond donors (Lipinski definition) is 0. The number of piperidine rings is 1. The molecular formula is C19H34N2O2S.